The summed E-state index contributed by atoms with van der Waals surface area (Å²) in [7, 11) is 0. The van der Waals surface area contributed by atoms with E-state index in [0.717, 1.165) is 4.47 Å². The number of aliphatic hydroxyl groups excluding tert-OH is 1. The highest BCUT2D eigenvalue weighted by Gasteiger charge is 2.09. The molecule has 0 heterocycles. The first-order valence-electron chi connectivity index (χ1n) is 3.32. The molecule has 0 unspecified atom stereocenters. The van der Waals surface area contributed by atoms with Crippen molar-refractivity contribution in [2.24, 2.45) is 0 Å². The molecule has 0 radical (unpaired) electrons. The molecule has 0 aliphatic heterocycles. The smallest absolute Gasteiger partial charge is 0.143 e. The van der Waals surface area contributed by atoms with Crippen LogP contribution in [0.25, 0.3) is 0 Å². The average molecular weight is 251 g/mol. The van der Waals surface area contributed by atoms with Gasteiger partial charge in [-0.05, 0) is 28.3 Å². The van der Waals surface area contributed by atoms with Gasteiger partial charge in [0.1, 0.15) is 5.82 Å². The molecule has 0 aliphatic rings. The summed E-state index contributed by atoms with van der Waals surface area (Å²) in [5.74, 6) is -0.334. The summed E-state index contributed by atoms with van der Waals surface area (Å²) in [6, 6.07) is 3.31. The van der Waals surface area contributed by atoms with Crippen LogP contribution >= 0.6 is 27.7 Å². The van der Waals surface area contributed by atoms with E-state index in [4.69, 9.17) is 5.11 Å². The van der Waals surface area contributed by atoms with E-state index in [1.807, 2.05) is 0 Å². The van der Waals surface area contributed by atoms with Crippen molar-refractivity contribution in [3.8, 4) is 0 Å². The normalized spacial score (nSPS) is 10.3. The summed E-state index contributed by atoms with van der Waals surface area (Å²) in [6.45, 7) is -0.257. The summed E-state index contributed by atoms with van der Waals surface area (Å²) in [5, 5.41) is 8.76. The maximum atomic E-state index is 13.3. The van der Waals surface area contributed by atoms with E-state index in [9.17, 15) is 4.39 Å². The van der Waals surface area contributed by atoms with Gasteiger partial charge in [-0.2, -0.15) is 0 Å². The predicted molar refractivity (Wildman–Crippen MR) is 51.8 cm³/mol. The molecule has 1 rings (SSSR count). The van der Waals surface area contributed by atoms with Gasteiger partial charge in [0, 0.05) is 10.0 Å². The number of halogens is 2. The van der Waals surface area contributed by atoms with Crippen LogP contribution in [0.5, 0.6) is 0 Å². The fourth-order valence-electron chi connectivity index (χ4n) is 0.882. The molecular weight excluding hydrogens is 243 g/mol. The van der Waals surface area contributed by atoms with E-state index in [0.29, 0.717) is 10.5 Å². The molecule has 0 saturated carbocycles. The number of benzene rings is 1. The number of aliphatic hydroxyl groups is 1. The van der Waals surface area contributed by atoms with Crippen LogP contribution in [0, 0.1) is 5.82 Å². The minimum absolute atomic E-state index is 0.257. The summed E-state index contributed by atoms with van der Waals surface area (Å²) >= 11 is 4.55. The molecule has 0 aliphatic carbocycles. The Morgan fingerprint density at radius 2 is 2.25 bits per heavy atom. The molecule has 0 bridgehead atoms. The third-order valence-corrected chi connectivity index (χ3v) is 3.23. The van der Waals surface area contributed by atoms with Crippen LogP contribution in [0.15, 0.2) is 21.5 Å². The average Bonchev–Trinajstić information content (AvgIpc) is 2.06. The third kappa shape index (κ3) is 1.81. The molecule has 0 spiro atoms. The zero-order valence-electron chi connectivity index (χ0n) is 6.47. The van der Waals surface area contributed by atoms with Crippen LogP contribution in [0.1, 0.15) is 5.56 Å². The van der Waals surface area contributed by atoms with Crippen LogP contribution in [-0.2, 0) is 6.61 Å². The lowest BCUT2D eigenvalue weighted by atomic mass is 10.2. The Morgan fingerprint density at radius 3 is 2.75 bits per heavy atom. The van der Waals surface area contributed by atoms with E-state index >= 15 is 0 Å². The van der Waals surface area contributed by atoms with Gasteiger partial charge in [-0.15, -0.1) is 11.8 Å². The minimum Gasteiger partial charge on any atom is -0.392 e. The maximum Gasteiger partial charge on any atom is 0.143 e. The number of rotatable bonds is 2. The Bertz CT molecular complexity index is 291. The van der Waals surface area contributed by atoms with Gasteiger partial charge in [-0.3, -0.25) is 0 Å². The van der Waals surface area contributed by atoms with E-state index in [2.05, 4.69) is 15.9 Å². The van der Waals surface area contributed by atoms with Gasteiger partial charge in [0.2, 0.25) is 0 Å². The SMILES string of the molecule is CSc1c(Br)ccc(CO)c1F. The molecule has 0 fully saturated rings. The van der Waals surface area contributed by atoms with Gasteiger partial charge in [0.25, 0.3) is 0 Å². The summed E-state index contributed by atoms with van der Waals surface area (Å²) < 4.78 is 14.0. The van der Waals surface area contributed by atoms with Gasteiger partial charge < -0.3 is 5.11 Å². The topological polar surface area (TPSA) is 20.2 Å². The third-order valence-electron chi connectivity index (χ3n) is 1.50. The zero-order chi connectivity index (χ0) is 9.14. The molecule has 1 aromatic rings. The number of hydrogen-bond donors (Lipinski definition) is 1. The maximum absolute atomic E-state index is 13.3. The predicted octanol–water partition coefficient (Wildman–Crippen LogP) is 2.80. The fourth-order valence-corrected chi connectivity index (χ4v) is 2.25. The summed E-state index contributed by atoms with van der Waals surface area (Å²) in [4.78, 5) is 0.543. The molecule has 0 aromatic heterocycles. The number of thioether (sulfide) groups is 1. The Balaban J connectivity index is 3.24. The summed E-state index contributed by atoms with van der Waals surface area (Å²) in [5.41, 5.74) is 0.336. The highest BCUT2D eigenvalue weighted by Crippen LogP contribution is 2.30. The molecule has 0 atom stereocenters. The Morgan fingerprint density at radius 1 is 1.58 bits per heavy atom. The molecule has 1 aromatic carbocycles. The van der Waals surface area contributed by atoms with Crippen LogP contribution < -0.4 is 0 Å². The van der Waals surface area contributed by atoms with Crippen molar-refractivity contribution in [2.75, 3.05) is 6.26 Å². The van der Waals surface area contributed by atoms with Crippen LogP contribution in [0.3, 0.4) is 0 Å². The quantitative estimate of drug-likeness (QED) is 0.815. The van der Waals surface area contributed by atoms with Gasteiger partial charge >= 0.3 is 0 Å². The zero-order valence-corrected chi connectivity index (χ0v) is 8.88. The lowest BCUT2D eigenvalue weighted by molar-refractivity contribution is 0.274. The van der Waals surface area contributed by atoms with Gasteiger partial charge in [0.05, 0.1) is 11.5 Å². The molecule has 0 amide bonds. The van der Waals surface area contributed by atoms with Crippen molar-refractivity contribution in [3.05, 3.63) is 28.0 Å². The largest absolute Gasteiger partial charge is 0.392 e. The Hall–Kier alpha value is -0.0600. The Kier molecular flexibility index (Phi) is 3.55. The second-order valence-electron chi connectivity index (χ2n) is 2.21. The van der Waals surface area contributed by atoms with Gasteiger partial charge in [-0.1, -0.05) is 6.07 Å². The molecule has 0 saturated heterocycles. The van der Waals surface area contributed by atoms with Crippen molar-refractivity contribution in [2.45, 2.75) is 11.5 Å². The van der Waals surface area contributed by atoms with Crippen molar-refractivity contribution < 1.29 is 9.50 Å². The molecule has 4 heteroatoms. The molecule has 12 heavy (non-hydrogen) atoms. The molecule has 66 valence electrons. The lowest BCUT2D eigenvalue weighted by Gasteiger charge is -2.05. The molecule has 1 nitrogen and oxygen atoms in total. The van der Waals surface area contributed by atoms with Crippen LogP contribution in [0.2, 0.25) is 0 Å². The van der Waals surface area contributed by atoms with Gasteiger partial charge in [0.15, 0.2) is 0 Å². The van der Waals surface area contributed by atoms with Crippen molar-refractivity contribution in [1.82, 2.24) is 0 Å². The van der Waals surface area contributed by atoms with Crippen LogP contribution in [-0.4, -0.2) is 11.4 Å². The number of hydrogen-bond acceptors (Lipinski definition) is 2. The van der Waals surface area contributed by atoms with Gasteiger partial charge in [-0.25, -0.2) is 4.39 Å². The first-order chi connectivity index (χ1) is 5.70. The molecular formula is C8H8BrFOS. The fraction of sp³-hybridized carbons (Fsp3) is 0.250. The van der Waals surface area contributed by atoms with Crippen molar-refractivity contribution >= 4 is 27.7 Å². The standard InChI is InChI=1S/C8H8BrFOS/c1-12-8-6(9)3-2-5(4-11)7(8)10/h2-3,11H,4H2,1H3. The monoisotopic (exact) mass is 250 g/mol. The highest BCUT2D eigenvalue weighted by molar-refractivity contribution is 9.10. The lowest BCUT2D eigenvalue weighted by Crippen LogP contribution is -1.92. The van der Waals surface area contributed by atoms with E-state index in [-0.39, 0.29) is 12.4 Å². The summed E-state index contributed by atoms with van der Waals surface area (Å²) in [6.07, 6.45) is 1.80. The second kappa shape index (κ2) is 4.25. The van der Waals surface area contributed by atoms with Crippen LogP contribution in [0.4, 0.5) is 4.39 Å². The van der Waals surface area contributed by atoms with E-state index in [1.54, 1.807) is 18.4 Å². The van der Waals surface area contributed by atoms with E-state index < -0.39 is 0 Å². The van der Waals surface area contributed by atoms with E-state index in [1.165, 1.54) is 11.8 Å². The first-order valence-corrected chi connectivity index (χ1v) is 5.34. The molecule has 1 N–H and O–H groups in total. The first kappa shape index (κ1) is 10.0. The highest BCUT2D eigenvalue weighted by atomic mass is 79.9. The van der Waals surface area contributed by atoms with Crippen molar-refractivity contribution in [1.29, 1.82) is 0 Å². The van der Waals surface area contributed by atoms with Crippen molar-refractivity contribution in [3.63, 3.8) is 0 Å². The minimum atomic E-state index is -0.334. The Labute approximate surface area is 83.1 Å². The second-order valence-corrected chi connectivity index (χ2v) is 3.88.